The second-order valence-electron chi connectivity index (χ2n) is 8.79. The minimum absolute atomic E-state index is 0.192. The molecule has 3 fully saturated rings. The van der Waals surface area contributed by atoms with E-state index in [0.717, 1.165) is 16.7 Å². The van der Waals surface area contributed by atoms with E-state index in [1.807, 2.05) is 91.0 Å². The zero-order valence-corrected chi connectivity index (χ0v) is 18.0. The Balaban J connectivity index is 1.34. The molecule has 6 rings (SSSR count). The monoisotopic (exact) mass is 440 g/mol. The Morgan fingerprint density at radius 1 is 0.788 bits per heavy atom. The molecule has 6 nitrogen and oxygen atoms in total. The van der Waals surface area contributed by atoms with Crippen LogP contribution >= 0.6 is 0 Å². The molecule has 3 aromatic carbocycles. The Labute approximate surface area is 192 Å². The second kappa shape index (κ2) is 7.83. The van der Waals surface area contributed by atoms with Gasteiger partial charge in [0.1, 0.15) is 0 Å². The van der Waals surface area contributed by atoms with Gasteiger partial charge in [-0.05, 0) is 16.7 Å². The van der Waals surface area contributed by atoms with Crippen LogP contribution in [0, 0.1) is 0 Å². The summed E-state index contributed by atoms with van der Waals surface area (Å²) >= 11 is 0. The lowest BCUT2D eigenvalue weighted by atomic mass is 9.73. The molecule has 4 atom stereocenters. The first-order valence-electron chi connectivity index (χ1n) is 11.2. The molecule has 2 amide bonds. The highest BCUT2D eigenvalue weighted by Gasteiger charge is 2.74. The molecule has 166 valence electrons. The third-order valence-electron chi connectivity index (χ3n) is 6.75. The maximum atomic E-state index is 13.7. The molecule has 33 heavy (non-hydrogen) atoms. The summed E-state index contributed by atoms with van der Waals surface area (Å²) in [6.45, 7) is 1.22. The molecule has 1 spiro atoms. The van der Waals surface area contributed by atoms with Gasteiger partial charge in [0.05, 0.1) is 12.6 Å². The van der Waals surface area contributed by atoms with E-state index in [9.17, 15) is 9.59 Å². The number of ether oxygens (including phenoxy) is 2. The SMILES string of the molecule is O=C1[C@@H]2O[C@H](CN1Cc1ccccc1)O[C@@]21C(=O)N(Cc2ccccc2)[C@@H]1c1ccccc1. The van der Waals surface area contributed by atoms with Crippen molar-refractivity contribution in [1.29, 1.82) is 0 Å². The van der Waals surface area contributed by atoms with Gasteiger partial charge in [0.25, 0.3) is 11.8 Å². The predicted octanol–water partition coefficient (Wildman–Crippen LogP) is 3.29. The summed E-state index contributed by atoms with van der Waals surface area (Å²) in [6, 6.07) is 29.1. The van der Waals surface area contributed by atoms with Crippen molar-refractivity contribution in [1.82, 2.24) is 9.80 Å². The van der Waals surface area contributed by atoms with E-state index < -0.39 is 24.0 Å². The van der Waals surface area contributed by atoms with Gasteiger partial charge in [0.15, 0.2) is 12.4 Å². The lowest BCUT2D eigenvalue weighted by molar-refractivity contribution is -0.205. The summed E-state index contributed by atoms with van der Waals surface area (Å²) in [5.41, 5.74) is 1.67. The summed E-state index contributed by atoms with van der Waals surface area (Å²) in [7, 11) is 0. The largest absolute Gasteiger partial charge is 0.334 e. The normalized spacial score (nSPS) is 28.3. The number of nitrogens with zero attached hydrogens (tertiary/aromatic N) is 2. The number of amides is 2. The minimum Gasteiger partial charge on any atom is -0.334 e. The quantitative estimate of drug-likeness (QED) is 0.572. The van der Waals surface area contributed by atoms with Crippen molar-refractivity contribution in [2.75, 3.05) is 6.54 Å². The van der Waals surface area contributed by atoms with Crippen LogP contribution in [0.4, 0.5) is 0 Å². The average molecular weight is 440 g/mol. The smallest absolute Gasteiger partial charge is 0.261 e. The van der Waals surface area contributed by atoms with E-state index >= 15 is 0 Å². The van der Waals surface area contributed by atoms with Crippen molar-refractivity contribution in [2.45, 2.75) is 37.1 Å². The number of β-lactam (4-membered cyclic amide) rings is 1. The van der Waals surface area contributed by atoms with Gasteiger partial charge in [-0.2, -0.15) is 0 Å². The van der Waals surface area contributed by atoms with Crippen LogP contribution in [0.25, 0.3) is 0 Å². The van der Waals surface area contributed by atoms with Crippen LogP contribution in [-0.2, 0) is 32.2 Å². The van der Waals surface area contributed by atoms with Crippen molar-refractivity contribution >= 4 is 11.8 Å². The first kappa shape index (κ1) is 20.1. The Morgan fingerprint density at radius 3 is 2.00 bits per heavy atom. The highest BCUT2D eigenvalue weighted by Crippen LogP contribution is 2.54. The van der Waals surface area contributed by atoms with Crippen LogP contribution in [0.2, 0.25) is 0 Å². The molecule has 0 aliphatic carbocycles. The molecule has 0 unspecified atom stereocenters. The molecule has 3 aliphatic heterocycles. The number of likely N-dealkylation sites (tertiary alicyclic amines) is 1. The molecular formula is C27H24N2O4. The Kier molecular flexibility index (Phi) is 4.78. The van der Waals surface area contributed by atoms with Crippen molar-refractivity contribution in [3.8, 4) is 0 Å². The zero-order valence-electron chi connectivity index (χ0n) is 18.0. The molecule has 3 aliphatic rings. The highest BCUT2D eigenvalue weighted by atomic mass is 16.8. The lowest BCUT2D eigenvalue weighted by Crippen LogP contribution is -2.73. The molecule has 3 heterocycles. The van der Waals surface area contributed by atoms with Crippen LogP contribution in [0.15, 0.2) is 91.0 Å². The number of carbonyl (C=O) groups excluding carboxylic acids is 2. The van der Waals surface area contributed by atoms with Gasteiger partial charge < -0.3 is 19.3 Å². The lowest BCUT2D eigenvalue weighted by Gasteiger charge is -2.54. The van der Waals surface area contributed by atoms with Crippen molar-refractivity contribution in [3.63, 3.8) is 0 Å². The molecule has 0 saturated carbocycles. The molecule has 2 bridgehead atoms. The van der Waals surface area contributed by atoms with E-state index in [1.54, 1.807) is 9.80 Å². The molecule has 3 saturated heterocycles. The minimum atomic E-state index is -1.33. The van der Waals surface area contributed by atoms with Gasteiger partial charge >= 0.3 is 0 Å². The molecule has 6 heteroatoms. The second-order valence-corrected chi connectivity index (χ2v) is 8.79. The highest BCUT2D eigenvalue weighted by molar-refractivity contribution is 6.01. The van der Waals surface area contributed by atoms with Gasteiger partial charge in [0, 0.05) is 13.1 Å². The number of rotatable bonds is 5. The van der Waals surface area contributed by atoms with Gasteiger partial charge in [-0.3, -0.25) is 9.59 Å². The Hall–Kier alpha value is -3.48. The van der Waals surface area contributed by atoms with E-state index in [-0.39, 0.29) is 11.8 Å². The number of carbonyl (C=O) groups is 2. The molecule has 0 aromatic heterocycles. The number of benzene rings is 3. The maximum Gasteiger partial charge on any atom is 0.261 e. The number of morpholine rings is 1. The van der Waals surface area contributed by atoms with Gasteiger partial charge in [-0.25, -0.2) is 0 Å². The summed E-state index contributed by atoms with van der Waals surface area (Å²) in [4.78, 5) is 30.8. The molecule has 0 N–H and O–H groups in total. The Morgan fingerprint density at radius 2 is 1.36 bits per heavy atom. The fraction of sp³-hybridized carbons (Fsp3) is 0.259. The van der Waals surface area contributed by atoms with Crippen molar-refractivity contribution in [2.24, 2.45) is 0 Å². The average Bonchev–Trinajstić information content (AvgIpc) is 3.20. The van der Waals surface area contributed by atoms with Gasteiger partial charge in [0.2, 0.25) is 5.60 Å². The molecule has 3 aromatic rings. The summed E-state index contributed by atoms with van der Waals surface area (Å²) in [6.07, 6.45) is -1.57. The van der Waals surface area contributed by atoms with Crippen molar-refractivity contribution < 1.29 is 19.1 Å². The first-order chi connectivity index (χ1) is 16.2. The van der Waals surface area contributed by atoms with Gasteiger partial charge in [-0.15, -0.1) is 0 Å². The maximum absolute atomic E-state index is 13.7. The number of hydrogen-bond donors (Lipinski definition) is 0. The first-order valence-corrected chi connectivity index (χ1v) is 11.2. The number of fused-ring (bicyclic) bond motifs is 3. The van der Waals surface area contributed by atoms with Crippen LogP contribution in [0.3, 0.4) is 0 Å². The standard InChI is InChI=1S/C27H24N2O4/c30-25-24-27(33-22(32-24)18-28(25)16-19-10-4-1-5-11-19)23(21-14-8-3-9-15-21)29(26(27)31)17-20-12-6-2-7-13-20/h1-15,22-24H,16-18H2/t22-,23+,24-,27+/m0/s1. The third kappa shape index (κ3) is 3.17. The zero-order chi connectivity index (χ0) is 22.4. The topological polar surface area (TPSA) is 59.1 Å². The summed E-state index contributed by atoms with van der Waals surface area (Å²) < 4.78 is 12.3. The summed E-state index contributed by atoms with van der Waals surface area (Å²) in [5.74, 6) is -0.385. The molecule has 0 radical (unpaired) electrons. The van der Waals surface area contributed by atoms with E-state index in [1.165, 1.54) is 0 Å². The fourth-order valence-electron chi connectivity index (χ4n) is 5.26. The van der Waals surface area contributed by atoms with Crippen LogP contribution in [0.5, 0.6) is 0 Å². The van der Waals surface area contributed by atoms with E-state index in [4.69, 9.17) is 9.47 Å². The molecular weight excluding hydrogens is 416 g/mol. The van der Waals surface area contributed by atoms with Crippen molar-refractivity contribution in [3.05, 3.63) is 108 Å². The van der Waals surface area contributed by atoms with Gasteiger partial charge in [-0.1, -0.05) is 91.0 Å². The van der Waals surface area contributed by atoms with Crippen LogP contribution < -0.4 is 0 Å². The third-order valence-corrected chi connectivity index (χ3v) is 6.75. The van der Waals surface area contributed by atoms with Crippen LogP contribution in [-0.4, -0.2) is 46.2 Å². The van der Waals surface area contributed by atoms with Crippen LogP contribution in [0.1, 0.15) is 22.7 Å². The fourth-order valence-corrected chi connectivity index (χ4v) is 5.26. The van der Waals surface area contributed by atoms with E-state index in [0.29, 0.717) is 19.6 Å². The van der Waals surface area contributed by atoms with E-state index in [2.05, 4.69) is 0 Å². The Bertz CT molecular complexity index is 1170. The predicted molar refractivity (Wildman–Crippen MR) is 121 cm³/mol. The number of hydrogen-bond acceptors (Lipinski definition) is 4. The summed E-state index contributed by atoms with van der Waals surface area (Å²) in [5, 5.41) is 0.